The van der Waals surface area contributed by atoms with E-state index >= 15 is 4.39 Å². The molecule has 4 aromatic rings. The van der Waals surface area contributed by atoms with Crippen molar-refractivity contribution in [2.75, 3.05) is 16.4 Å². The van der Waals surface area contributed by atoms with Crippen molar-refractivity contribution in [3.05, 3.63) is 48.4 Å². The lowest BCUT2D eigenvalue weighted by Crippen LogP contribution is -2.28. The van der Waals surface area contributed by atoms with Gasteiger partial charge in [0.05, 0.1) is 11.1 Å². The second-order valence-electron chi connectivity index (χ2n) is 9.42. The molecule has 2 aliphatic carbocycles. The lowest BCUT2D eigenvalue weighted by Gasteiger charge is -2.27. The van der Waals surface area contributed by atoms with Crippen molar-refractivity contribution in [3.63, 3.8) is 0 Å². The van der Waals surface area contributed by atoms with E-state index in [9.17, 15) is 18.0 Å². The van der Waals surface area contributed by atoms with Crippen molar-refractivity contribution in [2.45, 2.75) is 49.7 Å². The monoisotopic (exact) mass is 515 g/mol. The summed E-state index contributed by atoms with van der Waals surface area (Å²) in [6.07, 6.45) is 1.76. The number of rotatable bonds is 5. The zero-order chi connectivity index (χ0) is 25.9. The molecule has 37 heavy (non-hydrogen) atoms. The predicted octanol–water partition coefficient (Wildman–Crippen LogP) is 5.77. The van der Waals surface area contributed by atoms with E-state index in [1.807, 2.05) is 10.8 Å². The number of fused-ring (bicyclic) bond motifs is 1. The molecule has 9 nitrogen and oxygen atoms in total. The smallest absolute Gasteiger partial charge is 0.383 e. The van der Waals surface area contributed by atoms with Crippen LogP contribution in [0.2, 0.25) is 0 Å². The molecular weight excluding hydrogens is 494 g/mol. The fraction of sp³-hybridized carbons (Fsp3) is 0.333. The summed E-state index contributed by atoms with van der Waals surface area (Å²) in [6, 6.07) is 4.71. The molecule has 0 saturated heterocycles. The van der Waals surface area contributed by atoms with Crippen molar-refractivity contribution in [2.24, 2.45) is 0 Å². The highest BCUT2D eigenvalue weighted by molar-refractivity contribution is 6.02. The minimum absolute atomic E-state index is 0.105. The van der Waals surface area contributed by atoms with E-state index < -0.39 is 23.4 Å². The first kappa shape index (κ1) is 23.3. The normalized spacial score (nSPS) is 17.0. The van der Waals surface area contributed by atoms with Crippen LogP contribution in [0.4, 0.5) is 39.7 Å². The van der Waals surface area contributed by atoms with Crippen LogP contribution in [-0.2, 0) is 5.41 Å². The molecule has 2 fully saturated rings. The first-order valence-electron chi connectivity index (χ1n) is 11.7. The number of carbonyl (C=O) groups is 1. The summed E-state index contributed by atoms with van der Waals surface area (Å²) >= 11 is 0. The third-order valence-corrected chi connectivity index (χ3v) is 7.15. The largest absolute Gasteiger partial charge is 0.401 e. The standard InChI is InChI=1S/C24H21F4N7O2/c25-15-8-12(14-10-35(13-2-1-3-13)21-19(14)20(29)30-11-31-21)4-5-16(15)32-22(36)33-18-9-17(37-34-18)23(6-7-23)24(26,27)28/h4-5,8-11,13H,1-3,6-7H2,(H2,29,30,31)(H2,32,33,34,36). The van der Waals surface area contributed by atoms with E-state index in [4.69, 9.17) is 10.3 Å². The average molecular weight is 515 g/mol. The molecule has 6 rings (SSSR count). The number of carbonyl (C=O) groups excluding carboxylic acids is 1. The van der Waals surface area contributed by atoms with Gasteiger partial charge in [0.15, 0.2) is 11.6 Å². The molecule has 2 aliphatic rings. The van der Waals surface area contributed by atoms with Gasteiger partial charge in [-0.1, -0.05) is 11.2 Å². The number of hydrogen-bond acceptors (Lipinski definition) is 6. The minimum Gasteiger partial charge on any atom is -0.383 e. The van der Waals surface area contributed by atoms with Crippen molar-refractivity contribution in [1.82, 2.24) is 19.7 Å². The van der Waals surface area contributed by atoms with Gasteiger partial charge >= 0.3 is 12.2 Å². The van der Waals surface area contributed by atoms with Gasteiger partial charge in [-0.05, 0) is 49.8 Å². The van der Waals surface area contributed by atoms with Crippen molar-refractivity contribution < 1.29 is 26.9 Å². The zero-order valence-electron chi connectivity index (χ0n) is 19.3. The summed E-state index contributed by atoms with van der Waals surface area (Å²) in [5.41, 5.74) is 5.81. The number of nitrogens with one attached hydrogen (secondary N) is 2. The molecule has 0 bridgehead atoms. The second-order valence-corrected chi connectivity index (χ2v) is 9.42. The van der Waals surface area contributed by atoms with E-state index in [0.717, 1.165) is 25.3 Å². The molecule has 0 spiro atoms. The maximum absolute atomic E-state index is 15.0. The highest BCUT2D eigenvalue weighted by Gasteiger charge is 2.66. The van der Waals surface area contributed by atoms with Gasteiger partial charge < -0.3 is 20.1 Å². The summed E-state index contributed by atoms with van der Waals surface area (Å²) in [5, 5.41) is 8.73. The van der Waals surface area contributed by atoms with E-state index in [2.05, 4.69) is 25.8 Å². The highest BCUT2D eigenvalue weighted by atomic mass is 19.4. The zero-order valence-corrected chi connectivity index (χ0v) is 19.3. The van der Waals surface area contributed by atoms with E-state index in [0.29, 0.717) is 28.2 Å². The van der Waals surface area contributed by atoms with Gasteiger partial charge in [-0.25, -0.2) is 19.2 Å². The molecule has 0 aliphatic heterocycles. The number of aromatic nitrogens is 4. The maximum Gasteiger partial charge on any atom is 0.401 e. The molecular formula is C24H21F4N7O2. The van der Waals surface area contributed by atoms with Crippen LogP contribution in [0.3, 0.4) is 0 Å². The summed E-state index contributed by atoms with van der Waals surface area (Å²) in [6.45, 7) is 0. The molecule has 2 amide bonds. The minimum atomic E-state index is -4.47. The lowest BCUT2D eigenvalue weighted by molar-refractivity contribution is -0.165. The third-order valence-electron chi connectivity index (χ3n) is 7.15. The molecule has 4 N–H and O–H groups in total. The molecule has 0 atom stereocenters. The van der Waals surface area contributed by atoms with Crippen LogP contribution in [0.5, 0.6) is 0 Å². The predicted molar refractivity (Wildman–Crippen MR) is 126 cm³/mol. The summed E-state index contributed by atoms with van der Waals surface area (Å²) in [4.78, 5) is 20.8. The Balaban J connectivity index is 1.21. The van der Waals surface area contributed by atoms with Crippen molar-refractivity contribution >= 4 is 34.4 Å². The van der Waals surface area contributed by atoms with Crippen LogP contribution < -0.4 is 16.4 Å². The Hall–Kier alpha value is -4.16. The van der Waals surface area contributed by atoms with E-state index in [1.165, 1.54) is 18.5 Å². The summed E-state index contributed by atoms with van der Waals surface area (Å²) in [5.74, 6) is -1.01. The summed E-state index contributed by atoms with van der Waals surface area (Å²) in [7, 11) is 0. The number of alkyl halides is 3. The van der Waals surface area contributed by atoms with Gasteiger partial charge in [-0.3, -0.25) is 5.32 Å². The number of amides is 2. The number of hydrogen-bond donors (Lipinski definition) is 3. The molecule has 3 aromatic heterocycles. The van der Waals surface area contributed by atoms with Gasteiger partial charge in [0.1, 0.15) is 29.0 Å². The Morgan fingerprint density at radius 2 is 1.95 bits per heavy atom. The Morgan fingerprint density at radius 3 is 2.59 bits per heavy atom. The number of halogens is 4. The van der Waals surface area contributed by atoms with E-state index in [-0.39, 0.29) is 35.9 Å². The Kier molecular flexibility index (Phi) is 5.14. The third kappa shape index (κ3) is 3.85. The number of nitrogen functional groups attached to an aromatic ring is 1. The van der Waals surface area contributed by atoms with Gasteiger partial charge in [0.25, 0.3) is 0 Å². The quantitative estimate of drug-likeness (QED) is 0.290. The van der Waals surface area contributed by atoms with Gasteiger partial charge in [0.2, 0.25) is 0 Å². The molecule has 3 heterocycles. The van der Waals surface area contributed by atoms with Crippen molar-refractivity contribution in [3.8, 4) is 11.1 Å². The topological polar surface area (TPSA) is 124 Å². The first-order valence-corrected chi connectivity index (χ1v) is 11.7. The fourth-order valence-corrected chi connectivity index (χ4v) is 4.68. The Bertz CT molecular complexity index is 1520. The van der Waals surface area contributed by atoms with Crippen LogP contribution >= 0.6 is 0 Å². The van der Waals surface area contributed by atoms with Crippen LogP contribution in [0.1, 0.15) is 43.9 Å². The number of nitrogens with zero attached hydrogens (tertiary/aromatic N) is 4. The van der Waals surface area contributed by atoms with E-state index in [1.54, 1.807) is 6.07 Å². The average Bonchev–Trinajstić information content (AvgIpc) is 3.37. The van der Waals surface area contributed by atoms with Crippen LogP contribution in [0.15, 0.2) is 41.3 Å². The van der Waals surface area contributed by atoms with Crippen LogP contribution in [0, 0.1) is 5.82 Å². The summed E-state index contributed by atoms with van der Waals surface area (Å²) < 4.78 is 61.7. The second kappa shape index (κ2) is 8.18. The van der Waals surface area contributed by atoms with Crippen LogP contribution in [0.25, 0.3) is 22.2 Å². The van der Waals surface area contributed by atoms with Crippen molar-refractivity contribution in [1.29, 1.82) is 0 Å². The first-order chi connectivity index (χ1) is 17.7. The SMILES string of the molecule is Nc1ncnc2c1c(-c1ccc(NC(=O)Nc3cc(C4(C(F)(F)F)CC4)on3)c(F)c1)cn2C1CCC1. The number of urea groups is 1. The molecule has 0 radical (unpaired) electrons. The maximum atomic E-state index is 15.0. The lowest BCUT2D eigenvalue weighted by atomic mass is 9.93. The molecule has 0 unspecified atom stereocenters. The number of nitrogens with two attached hydrogens (primary N) is 1. The molecule has 192 valence electrons. The fourth-order valence-electron chi connectivity index (χ4n) is 4.68. The number of benzene rings is 1. The van der Waals surface area contributed by atoms with Gasteiger partial charge in [-0.15, -0.1) is 0 Å². The Labute approximate surface area is 207 Å². The van der Waals surface area contributed by atoms with Gasteiger partial charge in [-0.2, -0.15) is 13.2 Å². The Morgan fingerprint density at radius 1 is 1.16 bits per heavy atom. The molecule has 2 saturated carbocycles. The van der Waals surface area contributed by atoms with Gasteiger partial charge in [0, 0.05) is 23.9 Å². The molecule has 13 heteroatoms. The number of anilines is 3. The molecule has 1 aromatic carbocycles. The van der Waals surface area contributed by atoms with Crippen LogP contribution in [-0.4, -0.2) is 31.9 Å². The highest BCUT2D eigenvalue weighted by Crippen LogP contribution is 2.59.